The molecule has 0 aromatic carbocycles. The van der Waals surface area contributed by atoms with E-state index in [0.29, 0.717) is 0 Å². The predicted molar refractivity (Wildman–Crippen MR) is 93.8 cm³/mol. The summed E-state index contributed by atoms with van der Waals surface area (Å²) in [7, 11) is 0. The van der Waals surface area contributed by atoms with Gasteiger partial charge in [0, 0.05) is 36.5 Å². The number of aliphatic hydroxyl groups excluding tert-OH is 2. The minimum Gasteiger partial charge on any atom is -0.511 e. The van der Waals surface area contributed by atoms with Crippen LogP contribution >= 0.6 is 0 Å². The number of hydrogen-bond acceptors (Lipinski definition) is 8. The molecule has 5 rings (SSSR count). The first-order valence-electron chi connectivity index (χ1n) is 9.68. The third kappa shape index (κ3) is 2.21. The maximum Gasteiger partial charge on any atom is 0.351 e. The van der Waals surface area contributed by atoms with Crippen LogP contribution in [0.15, 0.2) is 11.3 Å². The summed E-state index contributed by atoms with van der Waals surface area (Å²) in [5.41, 5.74) is -4.66. The molecule has 3 N–H and O–H groups in total. The van der Waals surface area contributed by atoms with Gasteiger partial charge >= 0.3 is 11.9 Å². The van der Waals surface area contributed by atoms with Crippen LogP contribution in [-0.2, 0) is 23.9 Å². The molecule has 0 aromatic rings. The molecule has 0 unspecified atom stereocenters. The highest BCUT2D eigenvalue weighted by Crippen LogP contribution is 2.59. The van der Waals surface area contributed by atoms with Crippen molar-refractivity contribution in [2.75, 3.05) is 0 Å². The normalized spacial score (nSPS) is 53.5. The van der Waals surface area contributed by atoms with Gasteiger partial charge in [-0.15, -0.1) is 0 Å². The van der Waals surface area contributed by atoms with E-state index in [9.17, 15) is 29.7 Å². The van der Waals surface area contributed by atoms with Gasteiger partial charge < -0.3 is 24.8 Å². The molecule has 4 fully saturated rings. The maximum absolute atomic E-state index is 12.9. The lowest BCUT2D eigenvalue weighted by molar-refractivity contribution is -0.296. The average Bonchev–Trinajstić information content (AvgIpc) is 2.57. The fourth-order valence-corrected chi connectivity index (χ4v) is 5.63. The molecule has 154 valence electrons. The Bertz CT molecular complexity index is 813. The van der Waals surface area contributed by atoms with Crippen molar-refractivity contribution >= 4 is 17.7 Å². The van der Waals surface area contributed by atoms with Crippen LogP contribution in [-0.4, -0.2) is 55.9 Å². The molecular formula is C20H26O8. The van der Waals surface area contributed by atoms with Crippen molar-refractivity contribution < 1.29 is 39.2 Å². The van der Waals surface area contributed by atoms with Crippen LogP contribution in [0.2, 0.25) is 0 Å². The Morgan fingerprint density at radius 3 is 2.36 bits per heavy atom. The number of rotatable bonds is 0. The number of allylic oxidation sites excluding steroid dienone is 1. The number of carbonyl (C=O) groups excluding carboxylic acids is 3. The highest BCUT2D eigenvalue weighted by atomic mass is 16.6. The average molecular weight is 394 g/mol. The molecule has 8 atom stereocenters. The Morgan fingerprint density at radius 2 is 1.71 bits per heavy atom. The van der Waals surface area contributed by atoms with Crippen LogP contribution < -0.4 is 0 Å². The monoisotopic (exact) mass is 394 g/mol. The zero-order chi connectivity index (χ0) is 20.8. The Balaban J connectivity index is 1.92. The second kappa shape index (κ2) is 5.57. The van der Waals surface area contributed by atoms with Crippen molar-refractivity contribution in [3.63, 3.8) is 0 Å². The standard InChI is InChI=1S/C20H26O8/c1-8-6-18(3,26)11(21)5-10-12(14(8)22)16(24)27-20-7-9(2)19(4,28-17(20)25)15(23)13(10)20/h8-10,13,15,22-23,26H,5-7H2,1-4H3/b14-12-/t8-,9-,10-,13+,15-,18-,19-,20-/m0/s1. The first-order chi connectivity index (χ1) is 12.8. The Kier molecular flexibility index (Phi) is 3.86. The molecule has 3 aliphatic heterocycles. The molecule has 0 amide bonds. The fourth-order valence-electron chi connectivity index (χ4n) is 5.63. The summed E-state index contributed by atoms with van der Waals surface area (Å²) in [6, 6.07) is 0. The van der Waals surface area contributed by atoms with E-state index in [1.54, 1.807) is 20.8 Å². The zero-order valence-corrected chi connectivity index (χ0v) is 16.4. The predicted octanol–water partition coefficient (Wildman–Crippen LogP) is 0.793. The summed E-state index contributed by atoms with van der Waals surface area (Å²) in [5, 5.41) is 32.5. The lowest BCUT2D eigenvalue weighted by Gasteiger charge is -2.62. The molecule has 3 heterocycles. The van der Waals surface area contributed by atoms with E-state index in [0.717, 1.165) is 0 Å². The number of ether oxygens (including phenoxy) is 2. The highest BCUT2D eigenvalue weighted by Gasteiger charge is 2.74. The van der Waals surface area contributed by atoms with Crippen LogP contribution in [0.5, 0.6) is 0 Å². The molecular weight excluding hydrogens is 368 g/mol. The molecule has 0 radical (unpaired) electrons. The van der Waals surface area contributed by atoms with E-state index in [4.69, 9.17) is 9.47 Å². The third-order valence-corrected chi connectivity index (χ3v) is 7.46. The first-order valence-corrected chi connectivity index (χ1v) is 9.68. The number of aliphatic hydroxyl groups is 3. The van der Waals surface area contributed by atoms with E-state index in [1.165, 1.54) is 6.92 Å². The molecule has 0 aromatic heterocycles. The van der Waals surface area contributed by atoms with Gasteiger partial charge in [-0.05, 0) is 20.3 Å². The molecule has 2 aliphatic carbocycles. The Morgan fingerprint density at radius 1 is 1.07 bits per heavy atom. The van der Waals surface area contributed by atoms with Crippen LogP contribution in [0.1, 0.15) is 47.0 Å². The number of Topliss-reactive ketones (excluding diaryl/α,β-unsaturated/α-hetero) is 1. The molecule has 28 heavy (non-hydrogen) atoms. The van der Waals surface area contributed by atoms with Gasteiger partial charge in [0.25, 0.3) is 0 Å². The Hall–Kier alpha value is -1.93. The van der Waals surface area contributed by atoms with E-state index in [2.05, 4.69) is 0 Å². The van der Waals surface area contributed by atoms with Gasteiger partial charge in [0.15, 0.2) is 5.78 Å². The SMILES string of the molecule is C[C@H]1C[C@](C)(O)C(=O)C[C@H]2/C(=C\1O)C(=O)O[C@]13C[C@H](C)[C@](C)(OC1=O)[C@@H](O)[C@@H]23. The Labute approximate surface area is 162 Å². The van der Waals surface area contributed by atoms with Gasteiger partial charge in [-0.3, -0.25) is 4.79 Å². The van der Waals surface area contributed by atoms with Crippen LogP contribution in [0.3, 0.4) is 0 Å². The number of hydrogen-bond donors (Lipinski definition) is 3. The molecule has 1 saturated carbocycles. The zero-order valence-electron chi connectivity index (χ0n) is 16.4. The van der Waals surface area contributed by atoms with Crippen molar-refractivity contribution in [2.24, 2.45) is 23.7 Å². The number of ketones is 1. The van der Waals surface area contributed by atoms with Crippen LogP contribution in [0.4, 0.5) is 0 Å². The molecule has 5 aliphatic rings. The number of fused-ring (bicyclic) bond motifs is 3. The summed E-state index contributed by atoms with van der Waals surface area (Å²) in [6.07, 6.45) is -1.35. The summed E-state index contributed by atoms with van der Waals surface area (Å²) in [4.78, 5) is 38.5. The minimum absolute atomic E-state index is 0.0453. The van der Waals surface area contributed by atoms with Gasteiger partial charge in [0.05, 0.1) is 5.57 Å². The van der Waals surface area contributed by atoms with Gasteiger partial charge in [-0.1, -0.05) is 13.8 Å². The van der Waals surface area contributed by atoms with E-state index < -0.39 is 58.4 Å². The molecule has 8 heteroatoms. The minimum atomic E-state index is -1.70. The van der Waals surface area contributed by atoms with Gasteiger partial charge in [0.2, 0.25) is 5.60 Å². The van der Waals surface area contributed by atoms with Crippen LogP contribution in [0.25, 0.3) is 0 Å². The summed E-state index contributed by atoms with van der Waals surface area (Å²) >= 11 is 0. The van der Waals surface area contributed by atoms with Crippen molar-refractivity contribution in [3.8, 4) is 0 Å². The second-order valence-electron chi connectivity index (χ2n) is 9.34. The highest BCUT2D eigenvalue weighted by molar-refractivity contribution is 5.98. The summed E-state index contributed by atoms with van der Waals surface area (Å²) < 4.78 is 11.0. The number of esters is 2. The largest absolute Gasteiger partial charge is 0.511 e. The molecule has 1 spiro atoms. The third-order valence-electron chi connectivity index (χ3n) is 7.46. The molecule has 3 saturated heterocycles. The van der Waals surface area contributed by atoms with Crippen molar-refractivity contribution in [2.45, 2.75) is 69.9 Å². The smallest absolute Gasteiger partial charge is 0.351 e. The molecule has 8 nitrogen and oxygen atoms in total. The maximum atomic E-state index is 12.9. The van der Waals surface area contributed by atoms with E-state index in [1.807, 2.05) is 0 Å². The first kappa shape index (κ1) is 19.4. The lowest BCUT2D eigenvalue weighted by Crippen LogP contribution is -2.77. The van der Waals surface area contributed by atoms with E-state index in [-0.39, 0.29) is 36.5 Å². The van der Waals surface area contributed by atoms with E-state index >= 15 is 0 Å². The van der Waals surface area contributed by atoms with Gasteiger partial charge in [-0.25, -0.2) is 9.59 Å². The summed E-state index contributed by atoms with van der Waals surface area (Å²) in [5.74, 6) is -5.19. The molecule has 2 bridgehead atoms. The quantitative estimate of drug-likeness (QED) is 0.514. The van der Waals surface area contributed by atoms with Gasteiger partial charge in [-0.2, -0.15) is 0 Å². The topological polar surface area (TPSA) is 130 Å². The number of carbonyl (C=O) groups is 3. The second-order valence-corrected chi connectivity index (χ2v) is 9.34. The lowest BCUT2D eigenvalue weighted by atomic mass is 9.53. The fraction of sp³-hybridized carbons (Fsp3) is 0.750. The van der Waals surface area contributed by atoms with Gasteiger partial charge in [0.1, 0.15) is 23.1 Å². The summed E-state index contributed by atoms with van der Waals surface area (Å²) in [6.45, 7) is 6.42. The van der Waals surface area contributed by atoms with Crippen molar-refractivity contribution in [1.82, 2.24) is 0 Å². The van der Waals surface area contributed by atoms with Crippen LogP contribution in [0, 0.1) is 23.7 Å². The van der Waals surface area contributed by atoms with Crippen molar-refractivity contribution in [1.29, 1.82) is 0 Å². The van der Waals surface area contributed by atoms with Crippen molar-refractivity contribution in [3.05, 3.63) is 11.3 Å².